The molecular formula is C15H19NO2S2. The zero-order valence-corrected chi connectivity index (χ0v) is 13.1. The van der Waals surface area contributed by atoms with Crippen LogP contribution in [0, 0.1) is 5.92 Å². The van der Waals surface area contributed by atoms with Crippen LogP contribution in [0.3, 0.4) is 0 Å². The van der Waals surface area contributed by atoms with Crippen molar-refractivity contribution >= 4 is 31.3 Å². The van der Waals surface area contributed by atoms with Crippen molar-refractivity contribution in [3.05, 3.63) is 35.2 Å². The van der Waals surface area contributed by atoms with Gasteiger partial charge in [0.2, 0.25) is 0 Å². The highest BCUT2D eigenvalue weighted by Gasteiger charge is 2.34. The third-order valence-corrected chi connectivity index (χ3v) is 6.78. The van der Waals surface area contributed by atoms with Gasteiger partial charge in [0.1, 0.15) is 0 Å². The minimum atomic E-state index is -2.84. The van der Waals surface area contributed by atoms with Crippen molar-refractivity contribution in [2.75, 3.05) is 18.1 Å². The maximum atomic E-state index is 11.8. The summed E-state index contributed by atoms with van der Waals surface area (Å²) in [6, 6.07) is 8.50. The van der Waals surface area contributed by atoms with Crippen LogP contribution in [0.25, 0.3) is 10.1 Å². The molecule has 1 aliphatic rings. The fraction of sp³-hybridized carbons (Fsp3) is 0.467. The van der Waals surface area contributed by atoms with Crippen molar-refractivity contribution in [1.82, 2.24) is 5.32 Å². The summed E-state index contributed by atoms with van der Waals surface area (Å²) in [5, 5.41) is 6.94. The molecule has 0 amide bonds. The zero-order valence-electron chi connectivity index (χ0n) is 11.5. The van der Waals surface area contributed by atoms with Gasteiger partial charge in [0, 0.05) is 10.7 Å². The summed E-state index contributed by atoms with van der Waals surface area (Å²) in [4.78, 5) is 0. The summed E-state index contributed by atoms with van der Waals surface area (Å²) >= 11 is 1.74. The number of sulfone groups is 1. The van der Waals surface area contributed by atoms with Crippen LogP contribution in [0.15, 0.2) is 29.6 Å². The highest BCUT2D eigenvalue weighted by molar-refractivity contribution is 7.91. The fourth-order valence-corrected chi connectivity index (χ4v) is 5.91. The molecular weight excluding hydrogens is 290 g/mol. The Labute approximate surface area is 123 Å². The monoisotopic (exact) mass is 309 g/mol. The molecule has 3 nitrogen and oxygen atoms in total. The van der Waals surface area contributed by atoms with Gasteiger partial charge in [0.05, 0.1) is 11.5 Å². The average Bonchev–Trinajstić information content (AvgIpc) is 3.00. The molecule has 0 spiro atoms. The van der Waals surface area contributed by atoms with Gasteiger partial charge in [0.15, 0.2) is 9.84 Å². The van der Waals surface area contributed by atoms with Crippen LogP contribution in [0.2, 0.25) is 0 Å². The van der Waals surface area contributed by atoms with E-state index in [1.165, 1.54) is 15.6 Å². The quantitative estimate of drug-likeness (QED) is 0.944. The average molecular weight is 309 g/mol. The predicted molar refractivity (Wildman–Crippen MR) is 85.0 cm³/mol. The molecule has 20 heavy (non-hydrogen) atoms. The van der Waals surface area contributed by atoms with Gasteiger partial charge in [-0.2, -0.15) is 0 Å². The van der Waals surface area contributed by atoms with Crippen LogP contribution < -0.4 is 5.32 Å². The molecule has 0 radical (unpaired) electrons. The first-order chi connectivity index (χ1) is 9.61. The number of benzene rings is 1. The van der Waals surface area contributed by atoms with Gasteiger partial charge in [0.25, 0.3) is 0 Å². The molecule has 1 saturated heterocycles. The maximum absolute atomic E-state index is 11.8. The van der Waals surface area contributed by atoms with Crippen molar-refractivity contribution in [2.24, 2.45) is 5.92 Å². The first-order valence-electron chi connectivity index (χ1n) is 7.00. The van der Waals surface area contributed by atoms with Crippen molar-refractivity contribution in [3.8, 4) is 0 Å². The number of fused-ring (bicyclic) bond motifs is 1. The summed E-state index contributed by atoms with van der Waals surface area (Å²) in [6.45, 7) is 2.93. The second kappa shape index (κ2) is 5.47. The molecule has 2 heterocycles. The van der Waals surface area contributed by atoms with Crippen LogP contribution in [-0.4, -0.2) is 26.5 Å². The van der Waals surface area contributed by atoms with Crippen molar-refractivity contribution in [1.29, 1.82) is 0 Å². The molecule has 0 bridgehead atoms. The SMILES string of the molecule is CCNC(c1csc2ccccc12)C1CCS(=O)(=O)C1. The number of nitrogens with one attached hydrogen (secondary N) is 1. The van der Waals surface area contributed by atoms with E-state index in [2.05, 4.69) is 29.8 Å². The van der Waals surface area contributed by atoms with Crippen LogP contribution in [0.4, 0.5) is 0 Å². The van der Waals surface area contributed by atoms with Crippen LogP contribution in [0.5, 0.6) is 0 Å². The van der Waals surface area contributed by atoms with Gasteiger partial charge < -0.3 is 5.32 Å². The van der Waals surface area contributed by atoms with E-state index in [4.69, 9.17) is 0 Å². The summed E-state index contributed by atoms with van der Waals surface area (Å²) in [5.74, 6) is 0.842. The Hall–Kier alpha value is -0.910. The summed E-state index contributed by atoms with van der Waals surface area (Å²) in [5.41, 5.74) is 1.26. The zero-order chi connectivity index (χ0) is 14.2. The minimum absolute atomic E-state index is 0.147. The number of hydrogen-bond donors (Lipinski definition) is 1. The van der Waals surface area contributed by atoms with Crippen LogP contribution in [0.1, 0.15) is 24.9 Å². The lowest BCUT2D eigenvalue weighted by atomic mass is 9.92. The Balaban J connectivity index is 1.98. The molecule has 2 atom stereocenters. The summed E-state index contributed by atoms with van der Waals surface area (Å²) in [7, 11) is -2.84. The Morgan fingerprint density at radius 1 is 1.40 bits per heavy atom. The molecule has 1 aliphatic heterocycles. The summed E-state index contributed by atoms with van der Waals surface area (Å²) < 4.78 is 24.8. The van der Waals surface area contributed by atoms with E-state index in [0.717, 1.165) is 13.0 Å². The van der Waals surface area contributed by atoms with Gasteiger partial charge >= 0.3 is 0 Å². The molecule has 1 aromatic carbocycles. The molecule has 1 aromatic heterocycles. The smallest absolute Gasteiger partial charge is 0.150 e. The fourth-order valence-electron chi connectivity index (χ4n) is 3.08. The van der Waals surface area contributed by atoms with Crippen molar-refractivity contribution in [2.45, 2.75) is 19.4 Å². The van der Waals surface area contributed by atoms with E-state index in [1.807, 2.05) is 12.1 Å². The molecule has 1 N–H and O–H groups in total. The molecule has 5 heteroatoms. The van der Waals surface area contributed by atoms with E-state index in [0.29, 0.717) is 11.5 Å². The molecule has 0 aliphatic carbocycles. The normalized spacial score (nSPS) is 23.1. The van der Waals surface area contributed by atoms with Gasteiger partial charge in [-0.25, -0.2) is 8.42 Å². The molecule has 108 valence electrons. The van der Waals surface area contributed by atoms with Gasteiger partial charge in [-0.15, -0.1) is 11.3 Å². The largest absolute Gasteiger partial charge is 0.310 e. The van der Waals surface area contributed by atoms with E-state index in [-0.39, 0.29) is 12.0 Å². The molecule has 2 aromatic rings. The Bertz CT molecular complexity index is 705. The molecule has 3 rings (SSSR count). The van der Waals surface area contributed by atoms with Gasteiger partial charge in [-0.3, -0.25) is 0 Å². The standard InChI is InChI=1S/C15H19NO2S2/c1-2-16-15(11-7-8-20(17,18)10-11)13-9-19-14-6-4-3-5-12(13)14/h3-6,9,11,15-16H,2,7-8,10H2,1H3. The lowest BCUT2D eigenvalue weighted by Crippen LogP contribution is -2.28. The number of thiophene rings is 1. The van der Waals surface area contributed by atoms with Gasteiger partial charge in [-0.1, -0.05) is 25.1 Å². The van der Waals surface area contributed by atoms with E-state index in [9.17, 15) is 8.42 Å². The topological polar surface area (TPSA) is 46.2 Å². The summed E-state index contributed by atoms with van der Waals surface area (Å²) in [6.07, 6.45) is 0.768. The van der Waals surface area contributed by atoms with Crippen LogP contribution in [-0.2, 0) is 9.84 Å². The van der Waals surface area contributed by atoms with E-state index >= 15 is 0 Å². The molecule has 2 unspecified atom stereocenters. The number of hydrogen-bond acceptors (Lipinski definition) is 4. The van der Waals surface area contributed by atoms with Crippen molar-refractivity contribution in [3.63, 3.8) is 0 Å². The predicted octanol–water partition coefficient (Wildman–Crippen LogP) is 2.99. The minimum Gasteiger partial charge on any atom is -0.310 e. The third-order valence-electron chi connectivity index (χ3n) is 4.01. The lowest BCUT2D eigenvalue weighted by Gasteiger charge is -2.23. The maximum Gasteiger partial charge on any atom is 0.150 e. The first kappa shape index (κ1) is 14.0. The highest BCUT2D eigenvalue weighted by Crippen LogP contribution is 2.37. The highest BCUT2D eigenvalue weighted by atomic mass is 32.2. The molecule has 0 saturated carbocycles. The Morgan fingerprint density at radius 3 is 2.90 bits per heavy atom. The van der Waals surface area contributed by atoms with Crippen LogP contribution >= 0.6 is 11.3 Å². The molecule has 1 fully saturated rings. The van der Waals surface area contributed by atoms with E-state index < -0.39 is 9.84 Å². The lowest BCUT2D eigenvalue weighted by molar-refractivity contribution is 0.403. The second-order valence-electron chi connectivity index (χ2n) is 5.39. The van der Waals surface area contributed by atoms with Crippen molar-refractivity contribution < 1.29 is 8.42 Å². The third kappa shape index (κ3) is 2.62. The Morgan fingerprint density at radius 2 is 2.20 bits per heavy atom. The Kier molecular flexibility index (Phi) is 3.84. The number of rotatable bonds is 4. The van der Waals surface area contributed by atoms with E-state index in [1.54, 1.807) is 11.3 Å². The van der Waals surface area contributed by atoms with Gasteiger partial charge in [-0.05, 0) is 41.3 Å². The second-order valence-corrected chi connectivity index (χ2v) is 8.53. The first-order valence-corrected chi connectivity index (χ1v) is 9.71.